The molecule has 1 rings (SSSR count). The van der Waals surface area contributed by atoms with Crippen molar-refractivity contribution in [2.75, 3.05) is 29.6 Å². The highest BCUT2D eigenvalue weighted by molar-refractivity contribution is 7.98. The van der Waals surface area contributed by atoms with E-state index in [-0.39, 0.29) is 11.5 Å². The highest BCUT2D eigenvalue weighted by Gasteiger charge is 2.07. The SMILES string of the molecule is CCS(=O)(=O)CCNc1ccccc1SC. The molecule has 0 heterocycles. The van der Waals surface area contributed by atoms with E-state index >= 15 is 0 Å². The molecule has 0 aromatic heterocycles. The average Bonchev–Trinajstić information content (AvgIpc) is 2.29. The quantitative estimate of drug-likeness (QED) is 0.796. The van der Waals surface area contributed by atoms with Gasteiger partial charge in [0.1, 0.15) is 0 Å². The molecule has 0 radical (unpaired) electrons. The summed E-state index contributed by atoms with van der Waals surface area (Å²) in [5, 5.41) is 3.15. The van der Waals surface area contributed by atoms with E-state index in [1.807, 2.05) is 30.5 Å². The van der Waals surface area contributed by atoms with Gasteiger partial charge in [0.05, 0.1) is 5.75 Å². The molecule has 1 aromatic carbocycles. The number of rotatable bonds is 6. The number of hydrogen-bond donors (Lipinski definition) is 1. The Hall–Kier alpha value is -0.680. The van der Waals surface area contributed by atoms with E-state index in [2.05, 4.69) is 5.32 Å². The molecule has 0 fully saturated rings. The molecule has 0 saturated heterocycles. The van der Waals surface area contributed by atoms with Crippen molar-refractivity contribution in [3.63, 3.8) is 0 Å². The van der Waals surface area contributed by atoms with Crippen LogP contribution in [0.5, 0.6) is 0 Å². The van der Waals surface area contributed by atoms with Crippen LogP contribution in [-0.4, -0.2) is 32.7 Å². The summed E-state index contributed by atoms with van der Waals surface area (Å²) in [7, 11) is -2.88. The monoisotopic (exact) mass is 259 g/mol. The number of para-hydroxylation sites is 1. The number of benzene rings is 1. The van der Waals surface area contributed by atoms with Crippen molar-refractivity contribution >= 4 is 27.3 Å². The summed E-state index contributed by atoms with van der Waals surface area (Å²) in [6.07, 6.45) is 2.00. The lowest BCUT2D eigenvalue weighted by Gasteiger charge is -2.09. The van der Waals surface area contributed by atoms with Gasteiger partial charge in [0.25, 0.3) is 0 Å². The Bertz CT molecular complexity index is 429. The highest BCUT2D eigenvalue weighted by Crippen LogP contribution is 2.24. The average molecular weight is 259 g/mol. The molecule has 0 spiro atoms. The first-order valence-corrected chi connectivity index (χ1v) is 8.21. The largest absolute Gasteiger partial charge is 0.383 e. The topological polar surface area (TPSA) is 46.2 Å². The van der Waals surface area contributed by atoms with Crippen LogP contribution in [0, 0.1) is 0 Å². The van der Waals surface area contributed by atoms with Gasteiger partial charge in [-0.05, 0) is 18.4 Å². The maximum absolute atomic E-state index is 11.3. The lowest BCUT2D eigenvalue weighted by molar-refractivity contribution is 0.597. The smallest absolute Gasteiger partial charge is 0.151 e. The maximum Gasteiger partial charge on any atom is 0.151 e. The fourth-order valence-corrected chi connectivity index (χ4v) is 2.55. The van der Waals surface area contributed by atoms with Gasteiger partial charge in [-0.3, -0.25) is 0 Å². The summed E-state index contributed by atoms with van der Waals surface area (Å²) in [6, 6.07) is 7.89. The first kappa shape index (κ1) is 13.4. The third kappa shape index (κ3) is 4.06. The van der Waals surface area contributed by atoms with Crippen LogP contribution in [-0.2, 0) is 9.84 Å². The summed E-state index contributed by atoms with van der Waals surface area (Å²) in [5.74, 6) is 0.394. The van der Waals surface area contributed by atoms with Gasteiger partial charge in [0.15, 0.2) is 9.84 Å². The van der Waals surface area contributed by atoms with Crippen LogP contribution in [0.2, 0.25) is 0 Å². The number of sulfone groups is 1. The first-order valence-electron chi connectivity index (χ1n) is 5.16. The van der Waals surface area contributed by atoms with Gasteiger partial charge in [-0.15, -0.1) is 11.8 Å². The minimum absolute atomic E-state index is 0.187. The fourth-order valence-electron chi connectivity index (χ4n) is 1.28. The van der Waals surface area contributed by atoms with Gasteiger partial charge in [0.2, 0.25) is 0 Å². The molecule has 0 aliphatic carbocycles. The lowest BCUT2D eigenvalue weighted by Crippen LogP contribution is -2.17. The summed E-state index contributed by atoms with van der Waals surface area (Å²) >= 11 is 1.65. The third-order valence-electron chi connectivity index (χ3n) is 2.28. The molecule has 3 nitrogen and oxygen atoms in total. The zero-order valence-electron chi connectivity index (χ0n) is 9.56. The molecular weight excluding hydrogens is 242 g/mol. The molecule has 1 N–H and O–H groups in total. The molecule has 0 bridgehead atoms. The van der Waals surface area contributed by atoms with Crippen LogP contribution >= 0.6 is 11.8 Å². The van der Waals surface area contributed by atoms with Gasteiger partial charge < -0.3 is 5.32 Å². The molecule has 16 heavy (non-hydrogen) atoms. The zero-order chi connectivity index (χ0) is 12.0. The van der Waals surface area contributed by atoms with E-state index in [1.54, 1.807) is 18.7 Å². The number of hydrogen-bond acceptors (Lipinski definition) is 4. The molecule has 0 atom stereocenters. The van der Waals surface area contributed by atoms with Gasteiger partial charge in [-0.2, -0.15) is 0 Å². The van der Waals surface area contributed by atoms with E-state index in [0.29, 0.717) is 6.54 Å². The molecule has 5 heteroatoms. The van der Waals surface area contributed by atoms with Crippen LogP contribution in [0.3, 0.4) is 0 Å². The Kier molecular flexibility index (Phi) is 5.15. The van der Waals surface area contributed by atoms with Gasteiger partial charge in [-0.25, -0.2) is 8.42 Å². The highest BCUT2D eigenvalue weighted by atomic mass is 32.2. The second kappa shape index (κ2) is 6.15. The second-order valence-corrected chi connectivity index (χ2v) is 6.68. The summed E-state index contributed by atoms with van der Waals surface area (Å²) in [6.45, 7) is 2.14. The number of thioether (sulfide) groups is 1. The Morgan fingerprint density at radius 1 is 1.31 bits per heavy atom. The number of nitrogens with one attached hydrogen (secondary N) is 1. The van der Waals surface area contributed by atoms with Gasteiger partial charge in [0, 0.05) is 22.9 Å². The minimum Gasteiger partial charge on any atom is -0.383 e. The van der Waals surface area contributed by atoms with Crippen molar-refractivity contribution in [1.82, 2.24) is 0 Å². The van der Waals surface area contributed by atoms with E-state index in [4.69, 9.17) is 0 Å². The Morgan fingerprint density at radius 2 is 2.00 bits per heavy atom. The van der Waals surface area contributed by atoms with E-state index < -0.39 is 9.84 Å². The predicted molar refractivity (Wildman–Crippen MR) is 71.0 cm³/mol. The predicted octanol–water partition coefficient (Wildman–Crippen LogP) is 2.26. The standard InChI is InChI=1S/C11H17NO2S2/c1-3-16(13,14)9-8-12-10-6-4-5-7-11(10)15-2/h4-7,12H,3,8-9H2,1-2H3. The van der Waals surface area contributed by atoms with Crippen molar-refractivity contribution in [3.8, 4) is 0 Å². The van der Waals surface area contributed by atoms with Crippen molar-refractivity contribution in [3.05, 3.63) is 24.3 Å². The summed E-state index contributed by atoms with van der Waals surface area (Å²) in [4.78, 5) is 1.14. The molecule has 90 valence electrons. The minimum atomic E-state index is -2.88. The summed E-state index contributed by atoms with van der Waals surface area (Å²) in [5.41, 5.74) is 1.00. The first-order chi connectivity index (χ1) is 7.59. The molecule has 0 aliphatic heterocycles. The van der Waals surface area contributed by atoms with Crippen LogP contribution in [0.1, 0.15) is 6.92 Å². The molecule has 0 amide bonds. The molecule has 0 unspecified atom stereocenters. The van der Waals surface area contributed by atoms with Gasteiger partial charge in [-0.1, -0.05) is 19.1 Å². The van der Waals surface area contributed by atoms with Crippen molar-refractivity contribution in [1.29, 1.82) is 0 Å². The third-order valence-corrected chi connectivity index (χ3v) is 4.78. The number of anilines is 1. The molecule has 0 aliphatic rings. The van der Waals surface area contributed by atoms with E-state index in [0.717, 1.165) is 10.6 Å². The molecular formula is C11H17NO2S2. The summed E-state index contributed by atoms with van der Waals surface area (Å²) < 4.78 is 22.6. The van der Waals surface area contributed by atoms with Crippen molar-refractivity contribution < 1.29 is 8.42 Å². The Balaban J connectivity index is 2.55. The molecule has 1 aromatic rings. The molecule has 0 saturated carbocycles. The maximum atomic E-state index is 11.3. The van der Waals surface area contributed by atoms with Crippen molar-refractivity contribution in [2.24, 2.45) is 0 Å². The Morgan fingerprint density at radius 3 is 2.62 bits per heavy atom. The van der Waals surface area contributed by atoms with E-state index in [1.165, 1.54) is 0 Å². The fraction of sp³-hybridized carbons (Fsp3) is 0.455. The zero-order valence-corrected chi connectivity index (χ0v) is 11.2. The lowest BCUT2D eigenvalue weighted by atomic mass is 10.3. The second-order valence-electron chi connectivity index (χ2n) is 3.36. The Labute approximate surface area is 102 Å². The van der Waals surface area contributed by atoms with Crippen LogP contribution in [0.4, 0.5) is 5.69 Å². The van der Waals surface area contributed by atoms with E-state index in [9.17, 15) is 8.42 Å². The van der Waals surface area contributed by atoms with Crippen molar-refractivity contribution in [2.45, 2.75) is 11.8 Å². The van der Waals surface area contributed by atoms with Gasteiger partial charge >= 0.3 is 0 Å². The normalized spacial score (nSPS) is 11.4. The van der Waals surface area contributed by atoms with Crippen LogP contribution in [0.15, 0.2) is 29.2 Å². The van der Waals surface area contributed by atoms with Crippen LogP contribution < -0.4 is 5.32 Å². The van der Waals surface area contributed by atoms with Crippen LogP contribution in [0.25, 0.3) is 0 Å².